The molecule has 0 amide bonds. The van der Waals surface area contributed by atoms with Crippen molar-refractivity contribution in [3.05, 3.63) is 29.8 Å². The van der Waals surface area contributed by atoms with Crippen molar-refractivity contribution in [3.63, 3.8) is 0 Å². The van der Waals surface area contributed by atoms with Crippen molar-refractivity contribution in [2.45, 2.75) is 12.5 Å². The van der Waals surface area contributed by atoms with Gasteiger partial charge in [-0.25, -0.2) is 9.79 Å². The summed E-state index contributed by atoms with van der Waals surface area (Å²) >= 11 is 0. The highest BCUT2D eigenvalue weighted by Gasteiger charge is 2.21. The number of rotatable bonds is 5. The van der Waals surface area contributed by atoms with E-state index in [0.29, 0.717) is 11.3 Å². The highest BCUT2D eigenvalue weighted by atomic mass is 16.4. The van der Waals surface area contributed by atoms with Crippen molar-refractivity contribution < 1.29 is 19.8 Å². The summed E-state index contributed by atoms with van der Waals surface area (Å²) in [6.07, 6.45) is 0.851. The lowest BCUT2D eigenvalue weighted by Gasteiger charge is -2.11. The van der Waals surface area contributed by atoms with Crippen molar-refractivity contribution in [1.82, 2.24) is 5.32 Å². The lowest BCUT2D eigenvalue weighted by Crippen LogP contribution is -2.32. The average molecular weight is 301 g/mol. The Bertz CT molecular complexity index is 669. The predicted octanol–water partition coefficient (Wildman–Crippen LogP) is 0.325. The number of hydrogen-bond acceptors (Lipinski definition) is 5. The van der Waals surface area contributed by atoms with Gasteiger partial charge in [0.1, 0.15) is 0 Å². The van der Waals surface area contributed by atoms with Crippen LogP contribution < -0.4 is 10.6 Å². The second kappa shape index (κ2) is 7.87. The van der Waals surface area contributed by atoms with E-state index in [1.54, 1.807) is 6.19 Å². The summed E-state index contributed by atoms with van der Waals surface area (Å²) in [7, 11) is 0. The van der Waals surface area contributed by atoms with Gasteiger partial charge in [0.15, 0.2) is 12.2 Å². The molecule has 0 spiro atoms. The van der Waals surface area contributed by atoms with E-state index in [2.05, 4.69) is 15.6 Å². The van der Waals surface area contributed by atoms with E-state index in [4.69, 9.17) is 20.7 Å². The van der Waals surface area contributed by atoms with Gasteiger partial charge in [-0.3, -0.25) is 10.1 Å². The van der Waals surface area contributed by atoms with Gasteiger partial charge in [0.05, 0.1) is 18.1 Å². The minimum absolute atomic E-state index is 0.208. The molecular formula is C13H11N5O4. The standard InChI is InChI=1S/C13H11N5O4/c14-6-8-1-3-9(4-2-8)17-13(16-7-15)18-10(12(21)22)5-11(19)20/h1-4,10H,5H2,(H,19,20)(H,21,22)(H2,16,17,18)/t10-/m0/s1. The highest BCUT2D eigenvalue weighted by molar-refractivity contribution is 5.96. The van der Waals surface area contributed by atoms with E-state index in [9.17, 15) is 9.59 Å². The molecule has 1 atom stereocenters. The first kappa shape index (κ1) is 16.5. The summed E-state index contributed by atoms with van der Waals surface area (Å²) in [6, 6.07) is 6.47. The summed E-state index contributed by atoms with van der Waals surface area (Å²) in [4.78, 5) is 25.2. The molecule has 0 saturated carbocycles. The molecule has 0 heterocycles. The molecule has 1 aromatic carbocycles. The quantitative estimate of drug-likeness (QED) is 0.262. The number of nitrogens with zero attached hydrogens (tertiary/aromatic N) is 3. The van der Waals surface area contributed by atoms with Crippen molar-refractivity contribution >= 4 is 23.6 Å². The molecule has 0 radical (unpaired) electrons. The number of aliphatic imine (C=N–C) groups is 1. The maximum Gasteiger partial charge on any atom is 0.329 e. The number of hydrogen-bond donors (Lipinski definition) is 4. The summed E-state index contributed by atoms with van der Waals surface area (Å²) in [6.45, 7) is 0. The lowest BCUT2D eigenvalue weighted by atomic mass is 10.2. The Balaban J connectivity index is 2.97. The Morgan fingerprint density at radius 1 is 1.23 bits per heavy atom. The SMILES string of the molecule is N#CNC(=N[C@@H](CC(=O)O)C(=O)O)Nc1ccc(C#N)cc1. The first-order valence-electron chi connectivity index (χ1n) is 5.91. The molecule has 0 fully saturated rings. The maximum absolute atomic E-state index is 11.0. The normalized spacial score (nSPS) is 11.6. The maximum atomic E-state index is 11.0. The number of nitrogens with one attached hydrogen (secondary N) is 2. The molecule has 0 aliphatic rings. The van der Waals surface area contributed by atoms with Crippen LogP contribution in [0.1, 0.15) is 12.0 Å². The van der Waals surface area contributed by atoms with Crippen LogP contribution in [0, 0.1) is 22.8 Å². The van der Waals surface area contributed by atoms with Gasteiger partial charge in [0.25, 0.3) is 0 Å². The zero-order valence-corrected chi connectivity index (χ0v) is 11.1. The van der Waals surface area contributed by atoms with Gasteiger partial charge in [-0.05, 0) is 24.3 Å². The van der Waals surface area contributed by atoms with Crippen LogP contribution in [0.4, 0.5) is 5.69 Å². The average Bonchev–Trinajstić information content (AvgIpc) is 2.47. The van der Waals surface area contributed by atoms with Crippen LogP contribution in [-0.2, 0) is 9.59 Å². The largest absolute Gasteiger partial charge is 0.481 e. The predicted molar refractivity (Wildman–Crippen MR) is 74.6 cm³/mol. The molecule has 0 aliphatic heterocycles. The lowest BCUT2D eigenvalue weighted by molar-refractivity contribution is -0.144. The zero-order valence-electron chi connectivity index (χ0n) is 11.1. The summed E-state index contributed by atoms with van der Waals surface area (Å²) in [5, 5.41) is 39.7. The molecule has 0 aromatic heterocycles. The summed E-state index contributed by atoms with van der Waals surface area (Å²) in [5.74, 6) is -2.96. The fourth-order valence-electron chi connectivity index (χ4n) is 1.42. The number of benzene rings is 1. The molecule has 0 aliphatic carbocycles. The van der Waals surface area contributed by atoms with E-state index in [1.165, 1.54) is 24.3 Å². The van der Waals surface area contributed by atoms with E-state index in [0.717, 1.165) is 0 Å². The Morgan fingerprint density at radius 2 is 1.86 bits per heavy atom. The van der Waals surface area contributed by atoms with Gasteiger partial charge in [0.2, 0.25) is 5.96 Å². The third-order valence-electron chi connectivity index (χ3n) is 2.39. The molecule has 1 rings (SSSR count). The second-order valence-corrected chi connectivity index (χ2v) is 3.98. The van der Waals surface area contributed by atoms with Gasteiger partial charge >= 0.3 is 11.9 Å². The summed E-state index contributed by atoms with van der Waals surface area (Å²) < 4.78 is 0. The Labute approximate surface area is 125 Å². The van der Waals surface area contributed by atoms with E-state index >= 15 is 0 Å². The number of aliphatic carboxylic acids is 2. The highest BCUT2D eigenvalue weighted by Crippen LogP contribution is 2.09. The van der Waals surface area contributed by atoms with E-state index < -0.39 is 24.4 Å². The molecule has 22 heavy (non-hydrogen) atoms. The van der Waals surface area contributed by atoms with Gasteiger partial charge in [-0.15, -0.1) is 0 Å². The van der Waals surface area contributed by atoms with Crippen molar-refractivity contribution in [2.24, 2.45) is 4.99 Å². The number of nitriles is 2. The molecular weight excluding hydrogens is 290 g/mol. The van der Waals surface area contributed by atoms with E-state index in [1.807, 2.05) is 6.07 Å². The van der Waals surface area contributed by atoms with Crippen LogP contribution in [0.25, 0.3) is 0 Å². The van der Waals surface area contributed by atoms with Gasteiger partial charge in [0, 0.05) is 5.69 Å². The number of guanidine groups is 1. The monoisotopic (exact) mass is 301 g/mol. The van der Waals surface area contributed by atoms with Crippen molar-refractivity contribution in [2.75, 3.05) is 5.32 Å². The Hall–Kier alpha value is -3.59. The van der Waals surface area contributed by atoms with Crippen LogP contribution in [0.15, 0.2) is 29.3 Å². The topological polar surface area (TPSA) is 159 Å². The van der Waals surface area contributed by atoms with Crippen LogP contribution in [0.3, 0.4) is 0 Å². The van der Waals surface area contributed by atoms with E-state index in [-0.39, 0.29) is 5.96 Å². The number of carboxylic acids is 2. The first-order valence-corrected chi connectivity index (χ1v) is 5.91. The smallest absolute Gasteiger partial charge is 0.329 e. The molecule has 4 N–H and O–H groups in total. The molecule has 1 aromatic rings. The minimum Gasteiger partial charge on any atom is -0.481 e. The van der Waals surface area contributed by atoms with Crippen molar-refractivity contribution in [3.8, 4) is 12.3 Å². The summed E-state index contributed by atoms with van der Waals surface area (Å²) in [5.41, 5.74) is 0.867. The molecule has 0 bridgehead atoms. The van der Waals surface area contributed by atoms with Crippen LogP contribution in [0.2, 0.25) is 0 Å². The Kier molecular flexibility index (Phi) is 5.89. The number of carboxylic acid groups (broad SMARTS) is 2. The molecule has 112 valence electrons. The van der Waals surface area contributed by atoms with Crippen molar-refractivity contribution in [1.29, 1.82) is 10.5 Å². The van der Waals surface area contributed by atoms with Gasteiger partial charge in [-0.1, -0.05) is 0 Å². The Morgan fingerprint density at radius 3 is 2.32 bits per heavy atom. The fraction of sp³-hybridized carbons (Fsp3) is 0.154. The minimum atomic E-state index is -1.54. The second-order valence-electron chi connectivity index (χ2n) is 3.98. The van der Waals surface area contributed by atoms with Crippen LogP contribution in [0.5, 0.6) is 0 Å². The zero-order chi connectivity index (χ0) is 16.5. The number of carbonyl (C=O) groups is 2. The molecule has 9 nitrogen and oxygen atoms in total. The molecule has 0 saturated heterocycles. The van der Waals surface area contributed by atoms with Gasteiger partial charge in [-0.2, -0.15) is 10.5 Å². The molecule has 9 heteroatoms. The molecule has 0 unspecified atom stereocenters. The van der Waals surface area contributed by atoms with Gasteiger partial charge < -0.3 is 15.5 Å². The van der Waals surface area contributed by atoms with Crippen LogP contribution in [-0.4, -0.2) is 34.2 Å². The van der Waals surface area contributed by atoms with Crippen LogP contribution >= 0.6 is 0 Å². The third kappa shape index (κ3) is 5.19. The first-order chi connectivity index (χ1) is 10.5. The fourth-order valence-corrected chi connectivity index (χ4v) is 1.42. The third-order valence-corrected chi connectivity index (χ3v) is 2.39. The number of anilines is 1.